The normalized spacial score (nSPS) is 10.6. The molecule has 0 saturated heterocycles. The number of halogens is 1. The molecular formula is C13H9BrN4OS2. The van der Waals surface area contributed by atoms with Crippen LogP contribution in [0.1, 0.15) is 15.4 Å². The zero-order chi connectivity index (χ0) is 14.8. The Bertz CT molecular complexity index is 782. The van der Waals surface area contributed by atoms with Gasteiger partial charge in [-0.3, -0.25) is 10.1 Å². The van der Waals surface area contributed by atoms with Gasteiger partial charge in [0.1, 0.15) is 4.88 Å². The number of benzene rings is 1. The molecular weight excluding hydrogens is 372 g/mol. The maximum Gasteiger partial charge on any atom is 0.271 e. The van der Waals surface area contributed by atoms with Gasteiger partial charge in [-0.2, -0.15) is 0 Å². The van der Waals surface area contributed by atoms with Crippen molar-refractivity contribution in [3.05, 3.63) is 44.7 Å². The second kappa shape index (κ2) is 6.00. The summed E-state index contributed by atoms with van der Waals surface area (Å²) in [6.07, 6.45) is 0. The number of amides is 1. The second-order valence-corrected chi connectivity index (χ2v) is 6.71. The van der Waals surface area contributed by atoms with Crippen LogP contribution in [0, 0.1) is 6.92 Å². The van der Waals surface area contributed by atoms with Crippen LogP contribution in [-0.4, -0.2) is 20.5 Å². The van der Waals surface area contributed by atoms with Crippen LogP contribution in [-0.2, 0) is 0 Å². The van der Waals surface area contributed by atoms with Gasteiger partial charge in [0, 0.05) is 15.4 Å². The van der Waals surface area contributed by atoms with Gasteiger partial charge in [0.25, 0.3) is 5.91 Å². The van der Waals surface area contributed by atoms with Crippen molar-refractivity contribution in [2.24, 2.45) is 0 Å². The van der Waals surface area contributed by atoms with E-state index in [0.717, 1.165) is 27.3 Å². The van der Waals surface area contributed by atoms with E-state index in [2.05, 4.69) is 35.8 Å². The van der Waals surface area contributed by atoms with E-state index in [9.17, 15) is 4.79 Å². The summed E-state index contributed by atoms with van der Waals surface area (Å²) < 4.78 is 4.77. The molecule has 2 heterocycles. The van der Waals surface area contributed by atoms with Gasteiger partial charge in [0.05, 0.1) is 11.4 Å². The van der Waals surface area contributed by atoms with E-state index in [0.29, 0.717) is 15.7 Å². The summed E-state index contributed by atoms with van der Waals surface area (Å²) in [7, 11) is 0. The van der Waals surface area contributed by atoms with E-state index >= 15 is 0 Å². The molecule has 3 aromatic rings. The summed E-state index contributed by atoms with van der Waals surface area (Å²) in [5.74, 6) is -0.223. The summed E-state index contributed by atoms with van der Waals surface area (Å²) in [6.45, 7) is 1.76. The van der Waals surface area contributed by atoms with Crippen LogP contribution in [0.15, 0.2) is 34.1 Å². The number of aromatic nitrogens is 3. The molecule has 5 nitrogen and oxygen atoms in total. The van der Waals surface area contributed by atoms with Crippen LogP contribution in [0.5, 0.6) is 0 Å². The molecule has 0 saturated carbocycles. The molecule has 3 rings (SSSR count). The van der Waals surface area contributed by atoms with E-state index in [1.54, 1.807) is 6.92 Å². The molecule has 1 N–H and O–H groups in total. The molecule has 0 aliphatic rings. The molecule has 0 bridgehead atoms. The lowest BCUT2D eigenvalue weighted by atomic mass is 10.2. The minimum absolute atomic E-state index is 0.223. The van der Waals surface area contributed by atoms with Crippen molar-refractivity contribution >= 4 is 49.8 Å². The van der Waals surface area contributed by atoms with Crippen LogP contribution in [0.3, 0.4) is 0 Å². The summed E-state index contributed by atoms with van der Waals surface area (Å²) in [6, 6.07) is 7.86. The van der Waals surface area contributed by atoms with Crippen LogP contribution >= 0.6 is 38.8 Å². The first kappa shape index (κ1) is 14.3. The van der Waals surface area contributed by atoms with E-state index in [-0.39, 0.29) is 5.91 Å². The van der Waals surface area contributed by atoms with E-state index in [1.165, 1.54) is 11.3 Å². The zero-order valence-electron chi connectivity index (χ0n) is 10.8. The molecule has 0 spiro atoms. The Hall–Kier alpha value is -1.64. The van der Waals surface area contributed by atoms with Gasteiger partial charge >= 0.3 is 0 Å². The topological polar surface area (TPSA) is 67.8 Å². The SMILES string of the molecule is Cc1nnsc1C(=O)Nc1nc(-c2ccc(Br)cc2)cs1. The molecule has 2 aromatic heterocycles. The average molecular weight is 381 g/mol. The number of nitrogens with one attached hydrogen (secondary N) is 1. The number of carbonyl (C=O) groups excluding carboxylic acids is 1. The third-order valence-corrected chi connectivity index (χ3v) is 4.84. The maximum atomic E-state index is 12.1. The Kier molecular flexibility index (Phi) is 4.09. The molecule has 0 fully saturated rings. The fourth-order valence-electron chi connectivity index (χ4n) is 1.68. The number of rotatable bonds is 3. The number of hydrogen-bond acceptors (Lipinski definition) is 6. The van der Waals surface area contributed by atoms with Crippen molar-refractivity contribution < 1.29 is 4.79 Å². The van der Waals surface area contributed by atoms with Crippen molar-refractivity contribution in [2.75, 3.05) is 5.32 Å². The van der Waals surface area contributed by atoms with Gasteiger partial charge in [-0.05, 0) is 30.6 Å². The van der Waals surface area contributed by atoms with Gasteiger partial charge in [0.15, 0.2) is 5.13 Å². The van der Waals surface area contributed by atoms with Crippen molar-refractivity contribution in [3.8, 4) is 11.3 Å². The van der Waals surface area contributed by atoms with Gasteiger partial charge in [0.2, 0.25) is 0 Å². The smallest absolute Gasteiger partial charge is 0.271 e. The molecule has 0 unspecified atom stereocenters. The monoisotopic (exact) mass is 380 g/mol. The third kappa shape index (κ3) is 3.17. The van der Waals surface area contributed by atoms with Crippen LogP contribution in [0.25, 0.3) is 11.3 Å². The molecule has 106 valence electrons. The fraction of sp³-hybridized carbons (Fsp3) is 0.0769. The molecule has 0 aliphatic carbocycles. The Morgan fingerprint density at radius 1 is 1.29 bits per heavy atom. The first-order chi connectivity index (χ1) is 10.1. The summed E-state index contributed by atoms with van der Waals surface area (Å²) >= 11 is 5.87. The highest BCUT2D eigenvalue weighted by Crippen LogP contribution is 2.26. The standard InChI is InChI=1S/C13H9BrN4OS2/c1-7-11(21-18-17-7)12(19)16-13-15-10(6-20-13)8-2-4-9(14)5-3-8/h2-6H,1H3,(H,15,16,19). The highest BCUT2D eigenvalue weighted by molar-refractivity contribution is 9.10. The Labute approximate surface area is 137 Å². The molecule has 1 amide bonds. The second-order valence-electron chi connectivity index (χ2n) is 4.19. The number of thiazole rings is 1. The number of aryl methyl sites for hydroxylation is 1. The van der Waals surface area contributed by atoms with Crippen molar-refractivity contribution in [3.63, 3.8) is 0 Å². The van der Waals surface area contributed by atoms with Gasteiger partial charge < -0.3 is 0 Å². The third-order valence-electron chi connectivity index (χ3n) is 2.72. The predicted molar refractivity (Wildman–Crippen MR) is 87.8 cm³/mol. The van der Waals surface area contributed by atoms with Crippen LogP contribution in [0.4, 0.5) is 5.13 Å². The van der Waals surface area contributed by atoms with E-state index in [1.807, 2.05) is 29.6 Å². The Morgan fingerprint density at radius 2 is 2.05 bits per heavy atom. The number of anilines is 1. The maximum absolute atomic E-state index is 12.1. The highest BCUT2D eigenvalue weighted by Gasteiger charge is 2.15. The van der Waals surface area contributed by atoms with Gasteiger partial charge in [-0.25, -0.2) is 4.98 Å². The average Bonchev–Trinajstić information content (AvgIpc) is 3.09. The summed E-state index contributed by atoms with van der Waals surface area (Å²) in [5.41, 5.74) is 2.47. The minimum Gasteiger partial charge on any atom is -0.297 e. The fourth-order valence-corrected chi connectivity index (χ4v) is 3.21. The Morgan fingerprint density at radius 3 is 2.71 bits per heavy atom. The minimum atomic E-state index is -0.223. The first-order valence-corrected chi connectivity index (χ1v) is 8.40. The van der Waals surface area contributed by atoms with Crippen molar-refractivity contribution in [1.82, 2.24) is 14.6 Å². The highest BCUT2D eigenvalue weighted by atomic mass is 79.9. The molecule has 0 radical (unpaired) electrons. The molecule has 0 aliphatic heterocycles. The quantitative estimate of drug-likeness (QED) is 0.745. The van der Waals surface area contributed by atoms with Crippen LogP contribution in [0.2, 0.25) is 0 Å². The molecule has 0 atom stereocenters. The van der Waals surface area contributed by atoms with E-state index in [4.69, 9.17) is 0 Å². The van der Waals surface area contributed by atoms with Crippen LogP contribution < -0.4 is 5.32 Å². The number of nitrogens with zero attached hydrogens (tertiary/aromatic N) is 3. The van der Waals surface area contributed by atoms with Crippen molar-refractivity contribution in [2.45, 2.75) is 6.92 Å². The van der Waals surface area contributed by atoms with Crippen molar-refractivity contribution in [1.29, 1.82) is 0 Å². The number of carbonyl (C=O) groups is 1. The lowest BCUT2D eigenvalue weighted by molar-refractivity contribution is 0.103. The number of hydrogen-bond donors (Lipinski definition) is 1. The first-order valence-electron chi connectivity index (χ1n) is 5.95. The Balaban J connectivity index is 1.78. The summed E-state index contributed by atoms with van der Waals surface area (Å²) in [5, 5.41) is 9.08. The predicted octanol–water partition coefficient (Wildman–Crippen LogP) is 3.98. The molecule has 21 heavy (non-hydrogen) atoms. The lowest BCUT2D eigenvalue weighted by Crippen LogP contribution is -2.11. The largest absolute Gasteiger partial charge is 0.297 e. The van der Waals surface area contributed by atoms with Gasteiger partial charge in [-0.15, -0.1) is 16.4 Å². The summed E-state index contributed by atoms with van der Waals surface area (Å²) in [4.78, 5) is 17.0. The van der Waals surface area contributed by atoms with E-state index < -0.39 is 0 Å². The molecule has 8 heteroatoms. The lowest BCUT2D eigenvalue weighted by Gasteiger charge is -1.99. The molecule has 1 aromatic carbocycles. The van der Waals surface area contributed by atoms with Gasteiger partial charge in [-0.1, -0.05) is 32.6 Å². The zero-order valence-corrected chi connectivity index (χ0v) is 14.1.